The lowest BCUT2D eigenvalue weighted by molar-refractivity contribution is -0.140. The van der Waals surface area contributed by atoms with Gasteiger partial charge in [-0.25, -0.2) is 56.9 Å². The van der Waals surface area contributed by atoms with Crippen LogP contribution >= 0.6 is 0 Å². The number of ether oxygens (including phenoxy) is 9. The van der Waals surface area contributed by atoms with Gasteiger partial charge in [-0.2, -0.15) is 0 Å². The summed E-state index contributed by atoms with van der Waals surface area (Å²) in [7, 11) is 0. The standard InChI is InChI=1S/C33H48N6O18/c1-4-25(40)52-22-19-49-13-7-34-28(43)55-16-10-37-31(46)38(11-17-56-29(44)35-8-14-50-20-23-53-26(41)5-2)33(48)39(32(37)47)12-18-57-30(45)36-9-15-51-21-24-54-27(42)6-3/h4-6H,1-3,7-24H2,(H,34,43)(H,35,44)(H,36,45). The van der Waals surface area contributed by atoms with E-state index in [4.69, 9.17) is 42.6 Å². The van der Waals surface area contributed by atoms with Crippen molar-refractivity contribution in [2.75, 3.05) is 98.9 Å². The summed E-state index contributed by atoms with van der Waals surface area (Å²) >= 11 is 0. The Hall–Kier alpha value is -6.27. The molecule has 0 aliphatic rings. The Labute approximate surface area is 325 Å². The summed E-state index contributed by atoms with van der Waals surface area (Å²) in [5.41, 5.74) is -3.32. The zero-order chi connectivity index (χ0) is 42.3. The van der Waals surface area contributed by atoms with E-state index < -0.39 is 92.7 Å². The molecule has 0 aliphatic carbocycles. The fourth-order valence-corrected chi connectivity index (χ4v) is 3.86. The first kappa shape index (κ1) is 48.7. The SMILES string of the molecule is C=CC(=O)OCCOCCNC(=O)OCCn1c(=O)n(CCOC(=O)NCCOCCOC(=O)C=C)c(=O)n(CCOC(=O)NCCOCCOC(=O)C=C)c1=O. The molecule has 0 atom stereocenters. The smallest absolute Gasteiger partial charge is 0.407 e. The zero-order valence-electron chi connectivity index (χ0n) is 31.3. The molecule has 0 aromatic carbocycles. The van der Waals surface area contributed by atoms with E-state index in [1.54, 1.807) is 0 Å². The van der Waals surface area contributed by atoms with Gasteiger partial charge in [0, 0.05) is 37.9 Å². The topological polar surface area (TPSA) is 288 Å². The second-order valence-electron chi connectivity index (χ2n) is 10.4. The Morgan fingerprint density at radius 2 is 0.667 bits per heavy atom. The van der Waals surface area contributed by atoms with E-state index in [-0.39, 0.29) is 79.1 Å². The first-order valence-electron chi connectivity index (χ1n) is 17.2. The number of alkyl carbamates (subject to hydrolysis) is 3. The van der Waals surface area contributed by atoms with Crippen LogP contribution in [0.5, 0.6) is 0 Å². The molecule has 0 radical (unpaired) electrons. The van der Waals surface area contributed by atoms with Crippen LogP contribution in [0.25, 0.3) is 0 Å². The highest BCUT2D eigenvalue weighted by Gasteiger charge is 2.17. The van der Waals surface area contributed by atoms with Gasteiger partial charge in [0.15, 0.2) is 0 Å². The molecule has 24 nitrogen and oxygen atoms in total. The van der Waals surface area contributed by atoms with Crippen LogP contribution in [0.2, 0.25) is 0 Å². The highest BCUT2D eigenvalue weighted by molar-refractivity contribution is 5.81. The summed E-state index contributed by atoms with van der Waals surface area (Å²) < 4.78 is 46.7. The summed E-state index contributed by atoms with van der Waals surface area (Å²) in [6.07, 6.45) is 0.244. The fourth-order valence-electron chi connectivity index (χ4n) is 3.86. The summed E-state index contributed by atoms with van der Waals surface area (Å²) in [6.45, 7) is 7.06. The van der Waals surface area contributed by atoms with Crippen LogP contribution in [0.1, 0.15) is 0 Å². The molecule has 318 valence electrons. The van der Waals surface area contributed by atoms with E-state index in [1.165, 1.54) is 0 Å². The number of nitrogens with one attached hydrogen (secondary N) is 3. The summed E-state index contributed by atoms with van der Waals surface area (Å²) in [5, 5.41) is 7.15. The second kappa shape index (κ2) is 30.0. The average Bonchev–Trinajstić information content (AvgIpc) is 3.20. The Morgan fingerprint density at radius 1 is 0.404 bits per heavy atom. The number of carbonyl (C=O) groups excluding carboxylic acids is 6. The number of hydrogen-bond donors (Lipinski definition) is 3. The van der Waals surface area contributed by atoms with Crippen LogP contribution in [-0.4, -0.2) is 149 Å². The van der Waals surface area contributed by atoms with Crippen LogP contribution < -0.4 is 33.0 Å². The fraction of sp³-hybridized carbons (Fsp3) is 0.545. The maximum absolute atomic E-state index is 13.2. The van der Waals surface area contributed by atoms with E-state index in [2.05, 4.69) is 35.7 Å². The van der Waals surface area contributed by atoms with Crippen molar-refractivity contribution >= 4 is 36.2 Å². The van der Waals surface area contributed by atoms with Crippen molar-refractivity contribution < 1.29 is 71.4 Å². The molecule has 0 aliphatic heterocycles. The maximum Gasteiger partial charge on any atom is 0.407 e. The van der Waals surface area contributed by atoms with Gasteiger partial charge in [0.1, 0.15) is 39.6 Å². The van der Waals surface area contributed by atoms with Crippen LogP contribution in [0, 0.1) is 0 Å². The molecule has 0 saturated heterocycles. The monoisotopic (exact) mass is 816 g/mol. The minimum Gasteiger partial charge on any atom is -0.460 e. The highest BCUT2D eigenvalue weighted by atomic mass is 16.6. The van der Waals surface area contributed by atoms with Crippen molar-refractivity contribution in [1.82, 2.24) is 29.7 Å². The number of esters is 3. The normalized spacial score (nSPS) is 10.3. The predicted molar refractivity (Wildman–Crippen MR) is 193 cm³/mol. The van der Waals surface area contributed by atoms with Gasteiger partial charge in [0.25, 0.3) is 0 Å². The first-order chi connectivity index (χ1) is 27.4. The van der Waals surface area contributed by atoms with Crippen molar-refractivity contribution in [3.63, 3.8) is 0 Å². The number of hydrogen-bond acceptors (Lipinski definition) is 18. The largest absolute Gasteiger partial charge is 0.460 e. The third kappa shape index (κ3) is 22.0. The lowest BCUT2D eigenvalue weighted by atomic mass is 10.5. The van der Waals surface area contributed by atoms with Crippen molar-refractivity contribution in [3.05, 3.63) is 69.4 Å². The molecule has 1 heterocycles. The van der Waals surface area contributed by atoms with Gasteiger partial charge in [0.05, 0.1) is 59.3 Å². The Balaban J connectivity index is 2.78. The molecular weight excluding hydrogens is 768 g/mol. The van der Waals surface area contributed by atoms with E-state index >= 15 is 0 Å². The van der Waals surface area contributed by atoms with Crippen LogP contribution in [0.3, 0.4) is 0 Å². The molecule has 24 heteroatoms. The summed E-state index contributed by atoms with van der Waals surface area (Å²) in [4.78, 5) is 109. The van der Waals surface area contributed by atoms with Gasteiger partial charge in [0.2, 0.25) is 0 Å². The van der Waals surface area contributed by atoms with Crippen molar-refractivity contribution in [2.45, 2.75) is 19.6 Å². The minimum atomic E-state index is -1.11. The van der Waals surface area contributed by atoms with Gasteiger partial charge < -0.3 is 58.6 Å². The molecule has 0 bridgehead atoms. The van der Waals surface area contributed by atoms with Gasteiger partial charge in [-0.15, -0.1) is 0 Å². The van der Waals surface area contributed by atoms with Crippen molar-refractivity contribution in [2.24, 2.45) is 0 Å². The van der Waals surface area contributed by atoms with E-state index in [0.717, 1.165) is 18.2 Å². The van der Waals surface area contributed by atoms with Crippen LogP contribution in [0.4, 0.5) is 14.4 Å². The maximum atomic E-state index is 13.2. The third-order valence-corrected chi connectivity index (χ3v) is 6.49. The van der Waals surface area contributed by atoms with Gasteiger partial charge in [-0.3, -0.25) is 0 Å². The van der Waals surface area contributed by atoms with Gasteiger partial charge in [-0.05, 0) is 0 Å². The molecule has 1 aromatic heterocycles. The zero-order valence-corrected chi connectivity index (χ0v) is 31.3. The molecule has 0 unspecified atom stereocenters. The Bertz CT molecular complexity index is 1450. The Morgan fingerprint density at radius 3 is 0.912 bits per heavy atom. The predicted octanol–water partition coefficient (Wildman–Crippen LogP) is -2.41. The molecule has 1 rings (SSSR count). The highest BCUT2D eigenvalue weighted by Crippen LogP contribution is 1.89. The third-order valence-electron chi connectivity index (χ3n) is 6.49. The van der Waals surface area contributed by atoms with Gasteiger partial charge in [-0.1, -0.05) is 19.7 Å². The molecular formula is C33H48N6O18. The number of rotatable bonds is 30. The summed E-state index contributed by atoms with van der Waals surface area (Å²) in [5.74, 6) is -1.84. The number of carbonyl (C=O) groups is 6. The number of aromatic nitrogens is 3. The van der Waals surface area contributed by atoms with E-state index in [1.807, 2.05) is 0 Å². The lowest BCUT2D eigenvalue weighted by Gasteiger charge is -2.15. The summed E-state index contributed by atoms with van der Waals surface area (Å²) in [6, 6.07) is 0. The van der Waals surface area contributed by atoms with Crippen molar-refractivity contribution in [1.29, 1.82) is 0 Å². The average molecular weight is 817 g/mol. The Kier molecular flexibility index (Phi) is 25.7. The number of amides is 3. The molecule has 0 fully saturated rings. The van der Waals surface area contributed by atoms with Crippen LogP contribution in [0.15, 0.2) is 52.3 Å². The van der Waals surface area contributed by atoms with Crippen LogP contribution in [-0.2, 0) is 76.6 Å². The molecule has 0 spiro atoms. The quantitative estimate of drug-likeness (QED) is 0.0315. The molecule has 0 saturated carbocycles. The first-order valence-corrected chi connectivity index (χ1v) is 17.2. The molecule has 57 heavy (non-hydrogen) atoms. The molecule has 1 aromatic rings. The van der Waals surface area contributed by atoms with Crippen molar-refractivity contribution in [3.8, 4) is 0 Å². The van der Waals surface area contributed by atoms with E-state index in [0.29, 0.717) is 13.7 Å². The van der Waals surface area contributed by atoms with Gasteiger partial charge >= 0.3 is 53.3 Å². The molecule has 3 N–H and O–H groups in total. The number of nitrogens with zero attached hydrogens (tertiary/aromatic N) is 3. The minimum absolute atomic E-state index is 0.00746. The molecule has 3 amide bonds. The van der Waals surface area contributed by atoms with E-state index in [9.17, 15) is 43.2 Å². The lowest BCUT2D eigenvalue weighted by Crippen LogP contribution is -2.55. The second-order valence-corrected chi connectivity index (χ2v) is 10.4.